The number of anilines is 1. The number of benzene rings is 3. The third-order valence-electron chi connectivity index (χ3n) is 5.85. The van der Waals surface area contributed by atoms with E-state index in [0.717, 1.165) is 11.1 Å². The number of hydrogen-bond donors (Lipinski definition) is 2. The second-order valence-corrected chi connectivity index (χ2v) is 9.46. The Morgan fingerprint density at radius 3 is 2.44 bits per heavy atom. The van der Waals surface area contributed by atoms with Crippen LogP contribution in [0.5, 0.6) is 0 Å². The van der Waals surface area contributed by atoms with Crippen LogP contribution in [0.3, 0.4) is 0 Å². The summed E-state index contributed by atoms with van der Waals surface area (Å²) in [7, 11) is 1.62. The average molecular weight is 504 g/mol. The SMILES string of the molecule is COCCCNC(=O)c1ccccc1NC(=O)c1ccc([C@@H]2SCC(=O)N2Cc2ccccc2)cc1. The third-order valence-corrected chi connectivity index (χ3v) is 7.11. The molecule has 2 N–H and O–H groups in total. The van der Waals surface area contributed by atoms with Crippen molar-refractivity contribution in [3.63, 3.8) is 0 Å². The van der Waals surface area contributed by atoms with Crippen molar-refractivity contribution in [1.82, 2.24) is 10.2 Å². The van der Waals surface area contributed by atoms with Crippen LogP contribution in [0.15, 0.2) is 78.9 Å². The topological polar surface area (TPSA) is 87.7 Å². The molecule has 1 saturated heterocycles. The van der Waals surface area contributed by atoms with Crippen molar-refractivity contribution in [2.45, 2.75) is 18.3 Å². The van der Waals surface area contributed by atoms with Gasteiger partial charge in [0, 0.05) is 32.4 Å². The molecular weight excluding hydrogens is 474 g/mol. The molecule has 4 rings (SSSR count). The van der Waals surface area contributed by atoms with E-state index >= 15 is 0 Å². The van der Waals surface area contributed by atoms with Gasteiger partial charge in [-0.25, -0.2) is 0 Å². The van der Waals surface area contributed by atoms with Crippen molar-refractivity contribution in [3.8, 4) is 0 Å². The predicted molar refractivity (Wildman–Crippen MR) is 142 cm³/mol. The Morgan fingerprint density at radius 2 is 1.69 bits per heavy atom. The average Bonchev–Trinajstić information content (AvgIpc) is 3.27. The number of rotatable bonds is 10. The summed E-state index contributed by atoms with van der Waals surface area (Å²) in [6, 6.07) is 24.1. The molecule has 1 atom stereocenters. The zero-order chi connectivity index (χ0) is 25.3. The lowest BCUT2D eigenvalue weighted by Gasteiger charge is -2.24. The number of thioether (sulfide) groups is 1. The van der Waals surface area contributed by atoms with E-state index in [1.54, 1.807) is 55.3 Å². The molecule has 0 spiro atoms. The van der Waals surface area contributed by atoms with Crippen LogP contribution in [-0.2, 0) is 16.1 Å². The fourth-order valence-corrected chi connectivity index (χ4v) is 5.17. The summed E-state index contributed by atoms with van der Waals surface area (Å²) < 4.78 is 5.00. The fourth-order valence-electron chi connectivity index (χ4n) is 3.98. The van der Waals surface area contributed by atoms with Gasteiger partial charge in [-0.05, 0) is 41.8 Å². The van der Waals surface area contributed by atoms with Gasteiger partial charge in [0.1, 0.15) is 5.37 Å². The Hall–Kier alpha value is -3.62. The van der Waals surface area contributed by atoms with Crippen LogP contribution >= 0.6 is 11.8 Å². The summed E-state index contributed by atoms with van der Waals surface area (Å²) in [6.45, 7) is 1.59. The van der Waals surface area contributed by atoms with Crippen LogP contribution in [0.25, 0.3) is 0 Å². The van der Waals surface area contributed by atoms with Crippen LogP contribution in [0.4, 0.5) is 5.69 Å². The molecule has 0 unspecified atom stereocenters. The second kappa shape index (κ2) is 12.4. The van der Waals surface area contributed by atoms with E-state index in [9.17, 15) is 14.4 Å². The van der Waals surface area contributed by atoms with Gasteiger partial charge < -0.3 is 20.3 Å². The quantitative estimate of drug-likeness (QED) is 0.399. The smallest absolute Gasteiger partial charge is 0.255 e. The lowest BCUT2D eigenvalue weighted by molar-refractivity contribution is -0.128. The summed E-state index contributed by atoms with van der Waals surface area (Å²) in [5, 5.41) is 5.60. The highest BCUT2D eigenvalue weighted by molar-refractivity contribution is 8.00. The number of nitrogens with zero attached hydrogens (tertiary/aromatic N) is 1. The van der Waals surface area contributed by atoms with Crippen LogP contribution in [0.2, 0.25) is 0 Å². The second-order valence-electron chi connectivity index (χ2n) is 8.39. The molecule has 0 bridgehead atoms. The Bertz CT molecular complexity index is 1200. The molecule has 1 fully saturated rings. The van der Waals surface area contributed by atoms with Gasteiger partial charge in [0.15, 0.2) is 0 Å². The van der Waals surface area contributed by atoms with Crippen molar-refractivity contribution in [2.75, 3.05) is 31.3 Å². The summed E-state index contributed by atoms with van der Waals surface area (Å²) in [6.07, 6.45) is 0.705. The van der Waals surface area contributed by atoms with Gasteiger partial charge in [-0.15, -0.1) is 11.8 Å². The standard InChI is InChI=1S/C28H29N3O4S/c1-35-17-7-16-29-27(34)23-10-5-6-11-24(23)30-26(33)21-12-14-22(15-13-21)28-31(25(32)19-36-28)18-20-8-3-2-4-9-20/h2-6,8-15,28H,7,16-19H2,1H3,(H,29,34)(H,30,33)/t28-/m0/s1. The van der Waals surface area contributed by atoms with Crippen molar-refractivity contribution in [3.05, 3.63) is 101 Å². The van der Waals surface area contributed by atoms with Gasteiger partial charge in [0.05, 0.1) is 17.0 Å². The molecule has 0 radical (unpaired) electrons. The first-order chi connectivity index (χ1) is 17.6. The highest BCUT2D eigenvalue weighted by atomic mass is 32.2. The first kappa shape index (κ1) is 25.5. The molecule has 8 heteroatoms. The van der Waals surface area contributed by atoms with Gasteiger partial charge in [0.25, 0.3) is 11.8 Å². The minimum absolute atomic E-state index is 0.0997. The van der Waals surface area contributed by atoms with E-state index in [-0.39, 0.29) is 23.1 Å². The lowest BCUT2D eigenvalue weighted by Crippen LogP contribution is -2.27. The molecular formula is C28H29N3O4S. The maximum Gasteiger partial charge on any atom is 0.255 e. The maximum absolute atomic E-state index is 12.9. The first-order valence-corrected chi connectivity index (χ1v) is 12.8. The molecule has 1 heterocycles. The molecule has 7 nitrogen and oxygen atoms in total. The highest BCUT2D eigenvalue weighted by Crippen LogP contribution is 2.39. The number of carbonyl (C=O) groups excluding carboxylic acids is 3. The van der Waals surface area contributed by atoms with E-state index in [0.29, 0.717) is 48.7 Å². The molecule has 3 aromatic rings. The molecule has 1 aliphatic rings. The first-order valence-electron chi connectivity index (χ1n) is 11.8. The summed E-state index contributed by atoms with van der Waals surface area (Å²) in [4.78, 5) is 39.9. The van der Waals surface area contributed by atoms with Gasteiger partial charge in [-0.3, -0.25) is 14.4 Å². The van der Waals surface area contributed by atoms with Gasteiger partial charge >= 0.3 is 0 Å². The number of amides is 3. The molecule has 36 heavy (non-hydrogen) atoms. The van der Waals surface area contributed by atoms with Gasteiger partial charge in [-0.1, -0.05) is 54.6 Å². The molecule has 186 valence electrons. The van der Waals surface area contributed by atoms with Crippen molar-refractivity contribution < 1.29 is 19.1 Å². The molecule has 0 aliphatic carbocycles. The van der Waals surface area contributed by atoms with Crippen molar-refractivity contribution in [1.29, 1.82) is 0 Å². The molecule has 3 aromatic carbocycles. The van der Waals surface area contributed by atoms with E-state index < -0.39 is 0 Å². The van der Waals surface area contributed by atoms with Gasteiger partial charge in [0.2, 0.25) is 5.91 Å². The minimum atomic E-state index is -0.308. The Kier molecular flexibility index (Phi) is 8.76. The van der Waals surface area contributed by atoms with Crippen LogP contribution in [0.1, 0.15) is 43.6 Å². The molecule has 0 aromatic heterocycles. The van der Waals surface area contributed by atoms with Crippen LogP contribution in [0, 0.1) is 0 Å². The van der Waals surface area contributed by atoms with E-state index in [4.69, 9.17) is 4.74 Å². The Balaban J connectivity index is 1.42. The highest BCUT2D eigenvalue weighted by Gasteiger charge is 2.32. The normalized spacial score (nSPS) is 15.1. The summed E-state index contributed by atoms with van der Waals surface area (Å²) >= 11 is 1.59. The number of carbonyl (C=O) groups is 3. The molecule has 1 aliphatic heterocycles. The monoisotopic (exact) mass is 503 g/mol. The van der Waals surface area contributed by atoms with E-state index in [1.807, 2.05) is 47.4 Å². The zero-order valence-corrected chi connectivity index (χ0v) is 20.9. The zero-order valence-electron chi connectivity index (χ0n) is 20.1. The van der Waals surface area contributed by atoms with Crippen LogP contribution in [-0.4, -0.2) is 48.6 Å². The fraction of sp³-hybridized carbons (Fsp3) is 0.250. The van der Waals surface area contributed by atoms with Gasteiger partial charge in [-0.2, -0.15) is 0 Å². The van der Waals surface area contributed by atoms with E-state index in [2.05, 4.69) is 10.6 Å². The Labute approximate surface area is 215 Å². The third kappa shape index (κ3) is 6.33. The number of ether oxygens (including phenoxy) is 1. The number of hydrogen-bond acceptors (Lipinski definition) is 5. The summed E-state index contributed by atoms with van der Waals surface area (Å²) in [5.74, 6) is -0.0200. The number of nitrogens with one attached hydrogen (secondary N) is 2. The summed E-state index contributed by atoms with van der Waals surface area (Å²) in [5.41, 5.74) is 3.36. The molecule has 0 saturated carbocycles. The van der Waals surface area contributed by atoms with Crippen molar-refractivity contribution in [2.24, 2.45) is 0 Å². The minimum Gasteiger partial charge on any atom is -0.385 e. The number of para-hydroxylation sites is 1. The lowest BCUT2D eigenvalue weighted by atomic mass is 10.1. The predicted octanol–water partition coefficient (Wildman–Crippen LogP) is 4.48. The van der Waals surface area contributed by atoms with Crippen LogP contribution < -0.4 is 10.6 Å². The largest absolute Gasteiger partial charge is 0.385 e. The number of methoxy groups -OCH3 is 1. The van der Waals surface area contributed by atoms with Crippen molar-refractivity contribution >= 4 is 35.2 Å². The maximum atomic E-state index is 12.9. The Morgan fingerprint density at radius 1 is 0.972 bits per heavy atom. The van der Waals surface area contributed by atoms with E-state index in [1.165, 1.54) is 0 Å². The molecule has 3 amide bonds.